The second-order valence-electron chi connectivity index (χ2n) is 7.71. The van der Waals surface area contributed by atoms with Crippen molar-refractivity contribution in [3.05, 3.63) is 56.0 Å². The molecule has 0 unspecified atom stereocenters. The first kappa shape index (κ1) is 19.5. The molecule has 0 spiro atoms. The SMILES string of the molecule is CCCCn1c(=O)[nH]c(=O)c2c1nc(CNc1cccc3c1CCCC3)n2CC. The van der Waals surface area contributed by atoms with Crippen molar-refractivity contribution in [3.63, 3.8) is 0 Å². The third-order valence-corrected chi connectivity index (χ3v) is 5.85. The number of imidazole rings is 1. The summed E-state index contributed by atoms with van der Waals surface area (Å²) in [4.78, 5) is 32.1. The van der Waals surface area contributed by atoms with Gasteiger partial charge in [0.15, 0.2) is 11.2 Å². The molecule has 1 aromatic carbocycles. The Kier molecular flexibility index (Phi) is 5.56. The van der Waals surface area contributed by atoms with Gasteiger partial charge < -0.3 is 9.88 Å². The highest BCUT2D eigenvalue weighted by atomic mass is 16.2. The number of fused-ring (bicyclic) bond motifs is 2. The molecule has 7 nitrogen and oxygen atoms in total. The number of hydrogen-bond donors (Lipinski definition) is 2. The van der Waals surface area contributed by atoms with Crippen molar-refractivity contribution in [1.82, 2.24) is 19.1 Å². The molecule has 7 heteroatoms. The number of rotatable bonds is 7. The minimum Gasteiger partial charge on any atom is -0.378 e. The van der Waals surface area contributed by atoms with Gasteiger partial charge in [-0.1, -0.05) is 25.5 Å². The Labute approximate surface area is 169 Å². The molecule has 0 amide bonds. The summed E-state index contributed by atoms with van der Waals surface area (Å²) in [5, 5.41) is 3.54. The van der Waals surface area contributed by atoms with E-state index in [1.807, 2.05) is 11.5 Å². The number of nitrogens with zero attached hydrogens (tertiary/aromatic N) is 3. The monoisotopic (exact) mass is 395 g/mol. The van der Waals surface area contributed by atoms with Crippen LogP contribution in [0.25, 0.3) is 11.2 Å². The molecule has 154 valence electrons. The number of benzene rings is 1. The number of aromatic nitrogens is 4. The topological polar surface area (TPSA) is 84.7 Å². The summed E-state index contributed by atoms with van der Waals surface area (Å²) in [6.07, 6.45) is 6.54. The summed E-state index contributed by atoms with van der Waals surface area (Å²) in [7, 11) is 0. The zero-order valence-electron chi connectivity index (χ0n) is 17.3. The first-order valence-electron chi connectivity index (χ1n) is 10.7. The van der Waals surface area contributed by atoms with Gasteiger partial charge in [-0.05, 0) is 56.2 Å². The average Bonchev–Trinajstić information content (AvgIpc) is 3.11. The maximum Gasteiger partial charge on any atom is 0.330 e. The van der Waals surface area contributed by atoms with Crippen LogP contribution in [0, 0.1) is 0 Å². The molecule has 29 heavy (non-hydrogen) atoms. The summed E-state index contributed by atoms with van der Waals surface area (Å²) < 4.78 is 3.51. The minimum absolute atomic E-state index is 0.365. The van der Waals surface area contributed by atoms with E-state index in [2.05, 4.69) is 35.4 Å². The molecular formula is C22H29N5O2. The van der Waals surface area contributed by atoms with Crippen molar-refractivity contribution < 1.29 is 0 Å². The maximum absolute atomic E-state index is 12.5. The molecule has 0 aliphatic heterocycles. The van der Waals surface area contributed by atoms with Gasteiger partial charge in [0.05, 0.1) is 6.54 Å². The van der Waals surface area contributed by atoms with E-state index in [1.165, 1.54) is 24.0 Å². The summed E-state index contributed by atoms with van der Waals surface area (Å²) >= 11 is 0. The molecule has 1 aliphatic rings. The maximum atomic E-state index is 12.5. The molecule has 3 aromatic rings. The third kappa shape index (κ3) is 3.61. The van der Waals surface area contributed by atoms with Gasteiger partial charge in [-0.2, -0.15) is 0 Å². The Morgan fingerprint density at radius 3 is 2.76 bits per heavy atom. The molecule has 0 bridgehead atoms. The minimum atomic E-state index is -0.381. The van der Waals surface area contributed by atoms with Gasteiger partial charge in [-0.15, -0.1) is 0 Å². The molecule has 2 heterocycles. The average molecular weight is 396 g/mol. The summed E-state index contributed by atoms with van der Waals surface area (Å²) in [5.41, 5.74) is 4.19. The van der Waals surface area contributed by atoms with Crippen molar-refractivity contribution in [2.75, 3.05) is 5.32 Å². The van der Waals surface area contributed by atoms with Crippen LogP contribution in [-0.2, 0) is 32.5 Å². The highest BCUT2D eigenvalue weighted by Crippen LogP contribution is 2.28. The fraction of sp³-hybridized carbons (Fsp3) is 0.500. The predicted octanol–water partition coefficient (Wildman–Crippen LogP) is 3.20. The van der Waals surface area contributed by atoms with E-state index < -0.39 is 0 Å². The molecule has 0 saturated heterocycles. The normalized spacial score (nSPS) is 13.6. The standard InChI is InChI=1S/C22H29N5O2/c1-3-5-13-27-20-19(21(28)25-22(27)29)26(4-2)18(24-20)14-23-17-12-8-10-15-9-6-7-11-16(15)17/h8,10,12,23H,3-7,9,11,13-14H2,1-2H3,(H,25,28,29). The van der Waals surface area contributed by atoms with E-state index in [-0.39, 0.29) is 11.2 Å². The number of aromatic amines is 1. The Morgan fingerprint density at radius 1 is 1.14 bits per heavy atom. The van der Waals surface area contributed by atoms with E-state index in [9.17, 15) is 9.59 Å². The zero-order chi connectivity index (χ0) is 20.4. The number of aryl methyl sites for hydroxylation is 3. The van der Waals surface area contributed by atoms with Crippen LogP contribution >= 0.6 is 0 Å². The van der Waals surface area contributed by atoms with E-state index in [1.54, 1.807) is 4.57 Å². The van der Waals surface area contributed by atoms with Gasteiger partial charge in [0.25, 0.3) is 5.56 Å². The van der Waals surface area contributed by atoms with Crippen LogP contribution < -0.4 is 16.6 Å². The second-order valence-corrected chi connectivity index (χ2v) is 7.71. The molecule has 0 atom stereocenters. The van der Waals surface area contributed by atoms with Crippen molar-refractivity contribution in [3.8, 4) is 0 Å². The quantitative estimate of drug-likeness (QED) is 0.643. The molecule has 1 aliphatic carbocycles. The van der Waals surface area contributed by atoms with Crippen LogP contribution in [-0.4, -0.2) is 19.1 Å². The lowest BCUT2D eigenvalue weighted by atomic mass is 9.90. The van der Waals surface area contributed by atoms with Crippen molar-refractivity contribution in [2.24, 2.45) is 0 Å². The molecule has 2 N–H and O–H groups in total. The molecular weight excluding hydrogens is 366 g/mol. The van der Waals surface area contributed by atoms with E-state index in [0.717, 1.165) is 37.2 Å². The zero-order valence-corrected chi connectivity index (χ0v) is 17.3. The fourth-order valence-electron chi connectivity index (χ4n) is 4.34. The van der Waals surface area contributed by atoms with E-state index >= 15 is 0 Å². The lowest BCUT2D eigenvalue weighted by molar-refractivity contribution is 0.613. The van der Waals surface area contributed by atoms with Crippen LogP contribution in [0.2, 0.25) is 0 Å². The van der Waals surface area contributed by atoms with E-state index in [0.29, 0.717) is 30.8 Å². The van der Waals surface area contributed by atoms with Crippen molar-refractivity contribution in [2.45, 2.75) is 72.0 Å². The Bertz CT molecular complexity index is 1140. The molecule has 0 radical (unpaired) electrons. The molecule has 0 fully saturated rings. The van der Waals surface area contributed by atoms with Gasteiger partial charge >= 0.3 is 5.69 Å². The summed E-state index contributed by atoms with van der Waals surface area (Å²) in [6, 6.07) is 6.43. The molecule has 2 aromatic heterocycles. The van der Waals surface area contributed by atoms with Crippen LogP contribution in [0.15, 0.2) is 27.8 Å². The van der Waals surface area contributed by atoms with Crippen LogP contribution in [0.5, 0.6) is 0 Å². The number of unbranched alkanes of at least 4 members (excludes halogenated alkanes) is 1. The van der Waals surface area contributed by atoms with Gasteiger partial charge in [-0.25, -0.2) is 9.78 Å². The Morgan fingerprint density at radius 2 is 1.97 bits per heavy atom. The van der Waals surface area contributed by atoms with Crippen LogP contribution in [0.4, 0.5) is 5.69 Å². The van der Waals surface area contributed by atoms with Crippen LogP contribution in [0.1, 0.15) is 56.5 Å². The van der Waals surface area contributed by atoms with Crippen molar-refractivity contribution >= 4 is 16.9 Å². The number of anilines is 1. The lowest BCUT2D eigenvalue weighted by Crippen LogP contribution is -2.31. The van der Waals surface area contributed by atoms with Gasteiger partial charge in [0.1, 0.15) is 5.82 Å². The van der Waals surface area contributed by atoms with E-state index in [4.69, 9.17) is 4.98 Å². The predicted molar refractivity (Wildman–Crippen MR) is 116 cm³/mol. The van der Waals surface area contributed by atoms with Gasteiger partial charge in [0.2, 0.25) is 0 Å². The first-order valence-corrected chi connectivity index (χ1v) is 10.7. The van der Waals surface area contributed by atoms with Gasteiger partial charge in [0, 0.05) is 18.8 Å². The summed E-state index contributed by atoms with van der Waals surface area (Å²) in [6.45, 7) is 5.77. The third-order valence-electron chi connectivity index (χ3n) is 5.85. The second kappa shape index (κ2) is 8.27. The Balaban J connectivity index is 1.72. The van der Waals surface area contributed by atoms with Crippen molar-refractivity contribution in [1.29, 1.82) is 0 Å². The highest BCUT2D eigenvalue weighted by molar-refractivity contribution is 5.71. The largest absolute Gasteiger partial charge is 0.378 e. The number of nitrogens with one attached hydrogen (secondary N) is 2. The number of H-pyrrole nitrogens is 1. The Hall–Kier alpha value is -2.83. The number of hydrogen-bond acceptors (Lipinski definition) is 4. The molecule has 0 saturated carbocycles. The summed E-state index contributed by atoms with van der Waals surface area (Å²) in [5.74, 6) is 0.775. The highest BCUT2D eigenvalue weighted by Gasteiger charge is 2.18. The lowest BCUT2D eigenvalue weighted by Gasteiger charge is -2.20. The first-order chi connectivity index (χ1) is 14.1. The smallest absolute Gasteiger partial charge is 0.330 e. The van der Waals surface area contributed by atoms with Gasteiger partial charge in [-0.3, -0.25) is 14.3 Å². The fourth-order valence-corrected chi connectivity index (χ4v) is 4.34. The molecule has 4 rings (SSSR count). The van der Waals surface area contributed by atoms with Crippen LogP contribution in [0.3, 0.4) is 0 Å².